The predicted molar refractivity (Wildman–Crippen MR) is 101 cm³/mol. The molecule has 4 aliphatic rings. The molecule has 3 fully saturated rings. The first-order chi connectivity index (χ1) is 11.8. The van der Waals surface area contributed by atoms with Crippen LogP contribution >= 0.6 is 0 Å². The molecule has 0 aromatic heterocycles. The summed E-state index contributed by atoms with van der Waals surface area (Å²) < 4.78 is 0. The lowest BCUT2D eigenvalue weighted by Crippen LogP contribution is -2.48. The maximum absolute atomic E-state index is 2.87. The highest BCUT2D eigenvalue weighted by Crippen LogP contribution is 2.46. The second kappa shape index (κ2) is 6.02. The number of piperidine rings is 1. The molecule has 3 atom stereocenters. The first-order valence-corrected chi connectivity index (χ1v) is 10.4. The highest BCUT2D eigenvalue weighted by Gasteiger charge is 2.41. The van der Waals surface area contributed by atoms with Crippen LogP contribution in [0.4, 0.5) is 0 Å². The molecule has 0 N–H and O–H groups in total. The zero-order valence-corrected chi connectivity index (χ0v) is 14.9. The molecule has 1 nitrogen and oxygen atoms in total. The van der Waals surface area contributed by atoms with Crippen LogP contribution in [0, 0.1) is 11.8 Å². The molecule has 1 saturated heterocycles. The minimum absolute atomic E-state index is 0.356. The lowest BCUT2D eigenvalue weighted by molar-refractivity contribution is 0.0520. The van der Waals surface area contributed by atoms with Crippen molar-refractivity contribution in [2.45, 2.75) is 69.2 Å². The Morgan fingerprint density at radius 2 is 1.67 bits per heavy atom. The molecule has 24 heavy (non-hydrogen) atoms. The van der Waals surface area contributed by atoms with E-state index < -0.39 is 0 Å². The molecule has 0 amide bonds. The summed E-state index contributed by atoms with van der Waals surface area (Å²) in [6.07, 6.45) is 18.1. The zero-order valence-electron chi connectivity index (χ0n) is 14.9. The van der Waals surface area contributed by atoms with Gasteiger partial charge in [0.15, 0.2) is 0 Å². The first-order valence-electron chi connectivity index (χ1n) is 10.4. The number of hydrogen-bond acceptors (Lipinski definition) is 1. The minimum Gasteiger partial charge on any atom is -0.300 e. The van der Waals surface area contributed by atoms with Gasteiger partial charge in [0.2, 0.25) is 0 Å². The van der Waals surface area contributed by atoms with Crippen LogP contribution in [-0.2, 0) is 5.41 Å². The van der Waals surface area contributed by atoms with Crippen LogP contribution < -0.4 is 0 Å². The van der Waals surface area contributed by atoms with E-state index >= 15 is 0 Å². The number of allylic oxidation sites excluding steroid dienone is 1. The standard InChI is InChI=1S/C23H31N/c1-2-7-20-17-21(10-9-18(20)5-1)24-15-13-23(14-16-24)12-11-19-6-3-4-8-22(19)23/h3-4,6,8,11-12,18,20-21H,1-2,5,7,9-10,13-17H2. The summed E-state index contributed by atoms with van der Waals surface area (Å²) in [5.41, 5.74) is 3.42. The summed E-state index contributed by atoms with van der Waals surface area (Å²) >= 11 is 0. The highest BCUT2D eigenvalue weighted by molar-refractivity contribution is 5.65. The number of nitrogens with zero attached hydrogens (tertiary/aromatic N) is 1. The van der Waals surface area contributed by atoms with Gasteiger partial charge in [-0.25, -0.2) is 0 Å². The molecule has 1 heterocycles. The Bertz CT molecular complexity index is 623. The third kappa shape index (κ3) is 2.47. The molecule has 128 valence electrons. The molecule has 1 aromatic carbocycles. The topological polar surface area (TPSA) is 3.24 Å². The SMILES string of the molecule is C1=CC2(CCN(C3CCC4CCCCC4C3)CC2)c2ccccc21. The molecule has 0 bridgehead atoms. The Morgan fingerprint density at radius 1 is 0.875 bits per heavy atom. The maximum Gasteiger partial charge on any atom is 0.0165 e. The van der Waals surface area contributed by atoms with Gasteiger partial charge >= 0.3 is 0 Å². The molecule has 3 aliphatic carbocycles. The van der Waals surface area contributed by atoms with E-state index in [0.29, 0.717) is 5.41 Å². The number of hydrogen-bond donors (Lipinski definition) is 0. The molecule has 2 saturated carbocycles. The van der Waals surface area contributed by atoms with Crippen molar-refractivity contribution in [3.63, 3.8) is 0 Å². The molecular weight excluding hydrogens is 290 g/mol. The zero-order chi connectivity index (χ0) is 16.0. The number of likely N-dealkylation sites (tertiary alicyclic amines) is 1. The third-order valence-electron chi connectivity index (χ3n) is 7.80. The average molecular weight is 322 g/mol. The van der Waals surface area contributed by atoms with E-state index in [9.17, 15) is 0 Å². The van der Waals surface area contributed by atoms with Crippen LogP contribution in [0.3, 0.4) is 0 Å². The van der Waals surface area contributed by atoms with Gasteiger partial charge in [-0.1, -0.05) is 62.1 Å². The molecule has 1 spiro atoms. The van der Waals surface area contributed by atoms with Crippen LogP contribution in [0.15, 0.2) is 30.3 Å². The van der Waals surface area contributed by atoms with Crippen LogP contribution in [0.1, 0.15) is 68.9 Å². The van der Waals surface area contributed by atoms with Gasteiger partial charge in [-0.05, 0) is 68.2 Å². The van der Waals surface area contributed by atoms with E-state index in [0.717, 1.165) is 17.9 Å². The van der Waals surface area contributed by atoms with Crippen LogP contribution in [-0.4, -0.2) is 24.0 Å². The summed E-state index contributed by atoms with van der Waals surface area (Å²) in [6.45, 7) is 2.61. The van der Waals surface area contributed by atoms with Crippen molar-refractivity contribution < 1.29 is 0 Å². The van der Waals surface area contributed by atoms with Crippen molar-refractivity contribution in [1.82, 2.24) is 4.90 Å². The first kappa shape index (κ1) is 15.2. The van der Waals surface area contributed by atoms with Gasteiger partial charge in [0.05, 0.1) is 0 Å². The summed E-state index contributed by atoms with van der Waals surface area (Å²) in [5, 5.41) is 0. The van der Waals surface area contributed by atoms with E-state index in [2.05, 4.69) is 41.3 Å². The number of rotatable bonds is 1. The highest BCUT2D eigenvalue weighted by atomic mass is 15.2. The molecule has 3 unspecified atom stereocenters. The van der Waals surface area contributed by atoms with Crippen LogP contribution in [0.2, 0.25) is 0 Å². The molecule has 1 heteroatoms. The van der Waals surface area contributed by atoms with Crippen molar-refractivity contribution in [3.8, 4) is 0 Å². The van der Waals surface area contributed by atoms with Crippen molar-refractivity contribution >= 4 is 6.08 Å². The maximum atomic E-state index is 2.87. The molecule has 0 radical (unpaired) electrons. The summed E-state index contributed by atoms with van der Waals surface area (Å²) in [7, 11) is 0. The Hall–Kier alpha value is -1.08. The predicted octanol–water partition coefficient (Wildman–Crippen LogP) is 5.41. The van der Waals surface area contributed by atoms with E-state index in [4.69, 9.17) is 0 Å². The van der Waals surface area contributed by atoms with Gasteiger partial charge in [0.1, 0.15) is 0 Å². The van der Waals surface area contributed by atoms with Crippen molar-refractivity contribution in [3.05, 3.63) is 41.5 Å². The molecular formula is C23H31N. The lowest BCUT2D eigenvalue weighted by atomic mass is 9.68. The summed E-state index contributed by atoms with van der Waals surface area (Å²) in [6, 6.07) is 9.96. The Kier molecular flexibility index (Phi) is 3.81. The fourth-order valence-electron chi connectivity index (χ4n) is 6.34. The monoisotopic (exact) mass is 321 g/mol. The van der Waals surface area contributed by atoms with Gasteiger partial charge in [-0.3, -0.25) is 0 Å². The number of benzene rings is 1. The average Bonchev–Trinajstić information content (AvgIpc) is 3.01. The summed E-state index contributed by atoms with van der Waals surface area (Å²) in [5.74, 6) is 2.14. The smallest absolute Gasteiger partial charge is 0.0165 e. The lowest BCUT2D eigenvalue weighted by Gasteiger charge is -2.47. The fraction of sp³-hybridized carbons (Fsp3) is 0.652. The van der Waals surface area contributed by atoms with Gasteiger partial charge in [-0.2, -0.15) is 0 Å². The third-order valence-corrected chi connectivity index (χ3v) is 7.80. The summed E-state index contributed by atoms with van der Waals surface area (Å²) in [4.78, 5) is 2.87. The van der Waals surface area contributed by atoms with Crippen molar-refractivity contribution in [2.24, 2.45) is 11.8 Å². The van der Waals surface area contributed by atoms with Crippen molar-refractivity contribution in [2.75, 3.05) is 13.1 Å². The second-order valence-corrected chi connectivity index (χ2v) is 8.88. The van der Waals surface area contributed by atoms with Gasteiger partial charge < -0.3 is 4.90 Å². The largest absolute Gasteiger partial charge is 0.300 e. The van der Waals surface area contributed by atoms with E-state index in [1.807, 2.05) is 0 Å². The number of fused-ring (bicyclic) bond motifs is 3. The molecule has 1 aliphatic heterocycles. The van der Waals surface area contributed by atoms with Gasteiger partial charge in [-0.15, -0.1) is 0 Å². The van der Waals surface area contributed by atoms with Crippen molar-refractivity contribution in [1.29, 1.82) is 0 Å². The Labute approximate surface area is 147 Å². The second-order valence-electron chi connectivity index (χ2n) is 8.88. The normalized spacial score (nSPS) is 34.9. The van der Waals surface area contributed by atoms with Crippen LogP contribution in [0.5, 0.6) is 0 Å². The van der Waals surface area contributed by atoms with E-state index in [-0.39, 0.29) is 0 Å². The van der Waals surface area contributed by atoms with E-state index in [1.165, 1.54) is 76.4 Å². The van der Waals surface area contributed by atoms with E-state index in [1.54, 1.807) is 5.56 Å². The van der Waals surface area contributed by atoms with Gasteiger partial charge in [0, 0.05) is 11.5 Å². The molecule has 5 rings (SSSR count). The fourth-order valence-corrected chi connectivity index (χ4v) is 6.34. The van der Waals surface area contributed by atoms with Crippen LogP contribution in [0.25, 0.3) is 6.08 Å². The minimum atomic E-state index is 0.356. The Morgan fingerprint density at radius 3 is 2.54 bits per heavy atom. The Balaban J connectivity index is 1.26. The van der Waals surface area contributed by atoms with Gasteiger partial charge in [0.25, 0.3) is 0 Å². The molecule has 1 aromatic rings. The quantitative estimate of drug-likeness (QED) is 0.669.